The Labute approximate surface area is 163 Å². The fourth-order valence-electron chi connectivity index (χ4n) is 4.34. The van der Waals surface area contributed by atoms with E-state index in [1.807, 2.05) is 24.4 Å². The molecular weight excluding hydrogens is 338 g/mol. The molecule has 0 aliphatic rings. The molecule has 0 aliphatic carbocycles. The lowest BCUT2D eigenvalue weighted by Gasteiger charge is -2.14. The Bertz CT molecular complexity index is 1410. The van der Waals surface area contributed by atoms with Gasteiger partial charge in [0, 0.05) is 11.8 Å². The minimum atomic E-state index is 1.00. The third kappa shape index (κ3) is 2.23. The van der Waals surface area contributed by atoms with E-state index in [2.05, 4.69) is 83.8 Å². The van der Waals surface area contributed by atoms with Crippen molar-refractivity contribution in [1.29, 1.82) is 0 Å². The van der Waals surface area contributed by atoms with Crippen LogP contribution >= 0.6 is 0 Å². The number of benzene rings is 5. The maximum absolute atomic E-state index is 4.46. The molecule has 0 amide bonds. The normalized spacial score (nSPS) is 11.6. The Hall–Kier alpha value is -3.71. The highest BCUT2D eigenvalue weighted by Gasteiger charge is 2.11. The van der Waals surface area contributed by atoms with Gasteiger partial charge in [0.15, 0.2) is 0 Å². The highest BCUT2D eigenvalue weighted by atomic mass is 14.7. The number of aromatic nitrogens is 1. The molecule has 0 saturated carbocycles. The van der Waals surface area contributed by atoms with Crippen molar-refractivity contribution in [3.8, 4) is 22.4 Å². The molecule has 5 aromatic carbocycles. The predicted octanol–water partition coefficient (Wildman–Crippen LogP) is 7.31. The van der Waals surface area contributed by atoms with Gasteiger partial charge in [-0.1, -0.05) is 84.9 Å². The molecule has 0 bridgehead atoms. The predicted molar refractivity (Wildman–Crippen MR) is 119 cm³/mol. The first-order chi connectivity index (χ1) is 13.9. The Morgan fingerprint density at radius 2 is 1.14 bits per heavy atom. The van der Waals surface area contributed by atoms with Gasteiger partial charge in [0.25, 0.3) is 0 Å². The number of rotatable bonds is 2. The van der Waals surface area contributed by atoms with Crippen LogP contribution in [0.2, 0.25) is 0 Å². The maximum atomic E-state index is 4.46. The molecule has 0 saturated heterocycles. The van der Waals surface area contributed by atoms with E-state index >= 15 is 0 Å². The molecule has 1 heterocycles. The summed E-state index contributed by atoms with van der Waals surface area (Å²) in [6, 6.07) is 34.8. The van der Waals surface area contributed by atoms with Gasteiger partial charge in [-0.15, -0.1) is 0 Å². The summed E-state index contributed by atoms with van der Waals surface area (Å²) in [6.07, 6.45) is 1.84. The van der Waals surface area contributed by atoms with E-state index in [-0.39, 0.29) is 0 Å². The summed E-state index contributed by atoms with van der Waals surface area (Å²) >= 11 is 0. The van der Waals surface area contributed by atoms with E-state index in [1.165, 1.54) is 43.4 Å². The summed E-state index contributed by atoms with van der Waals surface area (Å²) < 4.78 is 0. The largest absolute Gasteiger partial charge is 0.256 e. The van der Waals surface area contributed by atoms with Crippen LogP contribution in [-0.2, 0) is 0 Å². The quantitative estimate of drug-likeness (QED) is 0.297. The van der Waals surface area contributed by atoms with Crippen LogP contribution in [0.3, 0.4) is 0 Å². The molecule has 1 aromatic heterocycles. The summed E-state index contributed by atoms with van der Waals surface area (Å²) in [6.45, 7) is 0. The van der Waals surface area contributed by atoms with Gasteiger partial charge in [-0.25, -0.2) is 0 Å². The van der Waals surface area contributed by atoms with Crippen LogP contribution in [0.5, 0.6) is 0 Å². The highest BCUT2D eigenvalue weighted by molar-refractivity contribution is 6.25. The second-order valence-electron chi connectivity index (χ2n) is 7.26. The van der Waals surface area contributed by atoms with Crippen molar-refractivity contribution in [3.63, 3.8) is 0 Å². The molecule has 1 heteroatoms. The van der Waals surface area contributed by atoms with Crippen LogP contribution in [-0.4, -0.2) is 4.98 Å². The molecule has 0 N–H and O–H groups in total. The fraction of sp³-hybridized carbons (Fsp3) is 0. The zero-order valence-corrected chi connectivity index (χ0v) is 15.3. The average molecular weight is 355 g/mol. The first-order valence-electron chi connectivity index (χ1n) is 9.57. The molecule has 0 aliphatic heterocycles. The first kappa shape index (κ1) is 15.4. The molecule has 130 valence electrons. The Morgan fingerprint density at radius 3 is 1.89 bits per heavy atom. The first-order valence-corrected chi connectivity index (χ1v) is 9.57. The lowest BCUT2D eigenvalue weighted by atomic mass is 9.89. The zero-order valence-electron chi connectivity index (χ0n) is 15.3. The minimum absolute atomic E-state index is 1.00. The molecule has 0 fully saturated rings. The molecule has 0 unspecified atom stereocenters. The van der Waals surface area contributed by atoms with Crippen LogP contribution in [0.1, 0.15) is 0 Å². The zero-order chi connectivity index (χ0) is 18.5. The van der Waals surface area contributed by atoms with E-state index in [0.717, 1.165) is 11.3 Å². The van der Waals surface area contributed by atoms with Gasteiger partial charge in [-0.3, -0.25) is 4.98 Å². The van der Waals surface area contributed by atoms with Gasteiger partial charge in [-0.2, -0.15) is 0 Å². The Balaban J connectivity index is 1.58. The van der Waals surface area contributed by atoms with E-state index in [1.54, 1.807) is 0 Å². The van der Waals surface area contributed by atoms with Gasteiger partial charge in [-0.05, 0) is 55.6 Å². The van der Waals surface area contributed by atoms with Gasteiger partial charge >= 0.3 is 0 Å². The van der Waals surface area contributed by atoms with Crippen molar-refractivity contribution in [2.75, 3.05) is 0 Å². The fourth-order valence-corrected chi connectivity index (χ4v) is 4.34. The molecular formula is C27H17N. The van der Waals surface area contributed by atoms with Crippen molar-refractivity contribution < 1.29 is 0 Å². The highest BCUT2D eigenvalue weighted by Crippen LogP contribution is 2.39. The molecule has 6 rings (SSSR count). The molecule has 1 nitrogen and oxygen atoms in total. The van der Waals surface area contributed by atoms with Gasteiger partial charge < -0.3 is 0 Å². The van der Waals surface area contributed by atoms with Crippen molar-refractivity contribution in [2.24, 2.45) is 0 Å². The van der Waals surface area contributed by atoms with E-state index in [9.17, 15) is 0 Å². The summed E-state index contributed by atoms with van der Waals surface area (Å²) in [5.74, 6) is 0. The Kier molecular flexibility index (Phi) is 3.24. The second kappa shape index (κ2) is 5.90. The lowest BCUT2D eigenvalue weighted by Crippen LogP contribution is -1.87. The van der Waals surface area contributed by atoms with Crippen molar-refractivity contribution >= 4 is 32.3 Å². The van der Waals surface area contributed by atoms with Crippen LogP contribution in [0, 0.1) is 0 Å². The number of nitrogens with zero attached hydrogens (tertiary/aromatic N) is 1. The lowest BCUT2D eigenvalue weighted by molar-refractivity contribution is 1.33. The average Bonchev–Trinajstić information content (AvgIpc) is 2.78. The monoisotopic (exact) mass is 355 g/mol. The van der Waals surface area contributed by atoms with Crippen molar-refractivity contribution in [3.05, 3.63) is 103 Å². The van der Waals surface area contributed by atoms with Crippen LogP contribution < -0.4 is 0 Å². The van der Waals surface area contributed by atoms with Gasteiger partial charge in [0.2, 0.25) is 0 Å². The second-order valence-corrected chi connectivity index (χ2v) is 7.26. The summed E-state index contributed by atoms with van der Waals surface area (Å²) in [7, 11) is 0. The molecule has 0 spiro atoms. The van der Waals surface area contributed by atoms with Gasteiger partial charge in [0.05, 0.1) is 5.69 Å². The van der Waals surface area contributed by atoms with E-state index in [0.29, 0.717) is 0 Å². The third-order valence-electron chi connectivity index (χ3n) is 5.69. The van der Waals surface area contributed by atoms with Gasteiger partial charge in [0.1, 0.15) is 0 Å². The maximum Gasteiger partial charge on any atom is 0.0701 e. The van der Waals surface area contributed by atoms with E-state index < -0.39 is 0 Å². The molecule has 0 atom stereocenters. The standard InChI is InChI=1S/C27H17N/c1-2-17-28-25(6-1)19-9-7-18(8-10-19)23-15-13-22-12-11-20-4-3-5-21-14-16-24(23)27(22)26(20)21/h1-17H. The van der Waals surface area contributed by atoms with E-state index in [4.69, 9.17) is 0 Å². The number of hydrogen-bond acceptors (Lipinski definition) is 1. The molecule has 6 aromatic rings. The van der Waals surface area contributed by atoms with Crippen molar-refractivity contribution in [1.82, 2.24) is 4.98 Å². The van der Waals surface area contributed by atoms with Crippen LogP contribution in [0.25, 0.3) is 54.7 Å². The van der Waals surface area contributed by atoms with Crippen LogP contribution in [0.15, 0.2) is 103 Å². The smallest absolute Gasteiger partial charge is 0.0701 e. The van der Waals surface area contributed by atoms with Crippen molar-refractivity contribution in [2.45, 2.75) is 0 Å². The Morgan fingerprint density at radius 1 is 0.464 bits per heavy atom. The summed E-state index contributed by atoms with van der Waals surface area (Å²) in [5, 5.41) is 7.95. The molecule has 0 radical (unpaired) electrons. The number of pyridine rings is 1. The summed E-state index contributed by atoms with van der Waals surface area (Å²) in [4.78, 5) is 4.46. The third-order valence-corrected chi connectivity index (χ3v) is 5.69. The number of hydrogen-bond donors (Lipinski definition) is 0. The summed E-state index contributed by atoms with van der Waals surface area (Å²) in [5.41, 5.74) is 4.66. The van der Waals surface area contributed by atoms with Crippen LogP contribution in [0.4, 0.5) is 0 Å². The SMILES string of the molecule is c1ccc(-c2ccc(-c3ccc4ccc5cccc6ccc3c4c56)cc2)nc1. The topological polar surface area (TPSA) is 12.9 Å². The minimum Gasteiger partial charge on any atom is -0.256 e. The molecule has 28 heavy (non-hydrogen) atoms.